The van der Waals surface area contributed by atoms with Gasteiger partial charge in [0, 0.05) is 6.42 Å². The fraction of sp³-hybridized carbons (Fsp3) is 0.870. The van der Waals surface area contributed by atoms with Crippen LogP contribution in [0.25, 0.3) is 0 Å². The summed E-state index contributed by atoms with van der Waals surface area (Å²) in [7, 11) is 1.63. The zero-order valence-corrected chi connectivity index (χ0v) is 53.6. The van der Waals surface area contributed by atoms with Gasteiger partial charge in [-0.25, -0.2) is 4.57 Å². The molecule has 78 heavy (non-hydrogen) atoms. The number of aliphatic hydroxyl groups is 1. The molecule has 0 saturated heterocycles. The molecule has 0 rings (SSSR count). The number of hydrogen-bond donors (Lipinski definition) is 3. The summed E-state index contributed by atoms with van der Waals surface area (Å²) in [5.74, 6) is -0.137. The van der Waals surface area contributed by atoms with Gasteiger partial charge in [-0.05, 0) is 51.4 Å². The molecule has 3 N–H and O–H groups in total. The Bertz CT molecular complexity index is 1410. The quantitative estimate of drug-likeness (QED) is 0.0243. The lowest BCUT2D eigenvalue weighted by atomic mass is 10.0. The average Bonchev–Trinajstić information content (AvgIpc) is 3.41. The van der Waals surface area contributed by atoms with Gasteiger partial charge in [-0.1, -0.05) is 326 Å². The number of unbranched alkanes of at least 4 members (excludes halogenated alkanes) is 42. The maximum absolute atomic E-state index is 13.1. The second kappa shape index (κ2) is 60.1. The first-order chi connectivity index (χ1) is 38.0. The third-order valence-corrected chi connectivity index (χ3v) is 16.6. The smallest absolute Gasteiger partial charge is 0.391 e. The first-order valence-electron chi connectivity index (χ1n) is 34.0. The number of phosphoric acid groups is 1. The SMILES string of the molecule is CC/C=C\C/C=C\C/C=C\C/C=C\CCCCCCCCCCCCCCCCCCCCCCCCC(=O)NC(COP(=O)(O)OCC[N+](C)(C)C)C(O)CCCCCCCCCCCCCCCCCCCCCCC. The lowest BCUT2D eigenvalue weighted by molar-refractivity contribution is -0.870. The number of rotatable bonds is 63. The summed E-state index contributed by atoms with van der Waals surface area (Å²) in [6.07, 6.45) is 80.6. The molecule has 0 aliphatic rings. The van der Waals surface area contributed by atoms with Crippen molar-refractivity contribution in [3.63, 3.8) is 0 Å². The molecular formula is C69H134N2O6P+. The number of nitrogens with zero attached hydrogens (tertiary/aromatic N) is 1. The Kier molecular flexibility index (Phi) is 58.9. The number of amides is 1. The van der Waals surface area contributed by atoms with E-state index in [1.807, 2.05) is 21.1 Å². The summed E-state index contributed by atoms with van der Waals surface area (Å²) in [5.41, 5.74) is 0. The van der Waals surface area contributed by atoms with Crippen LogP contribution in [0, 0.1) is 0 Å². The molecule has 0 heterocycles. The van der Waals surface area contributed by atoms with Crippen molar-refractivity contribution >= 4 is 13.7 Å². The molecular weight excluding hydrogens is 984 g/mol. The van der Waals surface area contributed by atoms with E-state index in [0.29, 0.717) is 23.9 Å². The van der Waals surface area contributed by atoms with Crippen LogP contribution in [-0.4, -0.2) is 73.4 Å². The maximum Gasteiger partial charge on any atom is 0.472 e. The second-order valence-corrected chi connectivity index (χ2v) is 26.0. The van der Waals surface area contributed by atoms with E-state index in [2.05, 4.69) is 67.8 Å². The Balaban J connectivity index is 3.97. The molecule has 460 valence electrons. The molecule has 3 atom stereocenters. The Morgan fingerprint density at radius 3 is 1.13 bits per heavy atom. The van der Waals surface area contributed by atoms with Gasteiger partial charge in [0.1, 0.15) is 13.2 Å². The van der Waals surface area contributed by atoms with Crippen LogP contribution >= 0.6 is 7.82 Å². The van der Waals surface area contributed by atoms with Crippen molar-refractivity contribution in [3.8, 4) is 0 Å². The third-order valence-electron chi connectivity index (χ3n) is 15.6. The minimum atomic E-state index is -4.33. The highest BCUT2D eigenvalue weighted by Gasteiger charge is 2.28. The second-order valence-electron chi connectivity index (χ2n) is 24.5. The monoisotopic (exact) mass is 1120 g/mol. The minimum Gasteiger partial charge on any atom is -0.391 e. The Morgan fingerprint density at radius 1 is 0.449 bits per heavy atom. The van der Waals surface area contributed by atoms with Crippen molar-refractivity contribution in [2.45, 2.75) is 347 Å². The molecule has 1 amide bonds. The van der Waals surface area contributed by atoms with Gasteiger partial charge in [0.2, 0.25) is 5.91 Å². The number of likely N-dealkylation sites (N-methyl/N-ethyl adjacent to an activating group) is 1. The van der Waals surface area contributed by atoms with Gasteiger partial charge in [0.05, 0.1) is 39.9 Å². The van der Waals surface area contributed by atoms with Gasteiger partial charge in [-0.3, -0.25) is 13.8 Å². The highest BCUT2D eigenvalue weighted by Crippen LogP contribution is 2.43. The number of hydrogen-bond acceptors (Lipinski definition) is 5. The van der Waals surface area contributed by atoms with E-state index in [1.54, 1.807) is 0 Å². The number of nitrogens with one attached hydrogen (secondary N) is 1. The zero-order valence-electron chi connectivity index (χ0n) is 52.7. The third kappa shape index (κ3) is 62.1. The lowest BCUT2D eigenvalue weighted by Crippen LogP contribution is -2.46. The summed E-state index contributed by atoms with van der Waals surface area (Å²) in [5, 5.41) is 14.1. The summed E-state index contributed by atoms with van der Waals surface area (Å²) < 4.78 is 23.9. The van der Waals surface area contributed by atoms with Crippen LogP contribution < -0.4 is 5.32 Å². The molecule has 0 fully saturated rings. The van der Waals surface area contributed by atoms with Gasteiger partial charge in [0.15, 0.2) is 0 Å². The molecule has 8 nitrogen and oxygen atoms in total. The molecule has 0 aromatic heterocycles. The van der Waals surface area contributed by atoms with Gasteiger partial charge in [-0.15, -0.1) is 0 Å². The van der Waals surface area contributed by atoms with Crippen molar-refractivity contribution in [2.24, 2.45) is 0 Å². The maximum atomic E-state index is 13.1. The molecule has 9 heteroatoms. The topological polar surface area (TPSA) is 105 Å². The molecule has 0 bridgehead atoms. The van der Waals surface area contributed by atoms with Gasteiger partial charge < -0.3 is 19.8 Å². The summed E-state index contributed by atoms with van der Waals surface area (Å²) in [6, 6.07) is -0.760. The molecule has 0 radical (unpaired) electrons. The summed E-state index contributed by atoms with van der Waals surface area (Å²) in [4.78, 5) is 23.4. The van der Waals surface area contributed by atoms with Crippen LogP contribution in [0.4, 0.5) is 0 Å². The first-order valence-corrected chi connectivity index (χ1v) is 35.5. The largest absolute Gasteiger partial charge is 0.472 e. The van der Waals surface area contributed by atoms with Crippen LogP contribution in [0.5, 0.6) is 0 Å². The van der Waals surface area contributed by atoms with Crippen molar-refractivity contribution in [3.05, 3.63) is 48.6 Å². The van der Waals surface area contributed by atoms with Crippen molar-refractivity contribution in [2.75, 3.05) is 40.9 Å². The predicted molar refractivity (Wildman–Crippen MR) is 341 cm³/mol. The van der Waals surface area contributed by atoms with Crippen molar-refractivity contribution < 1.29 is 32.9 Å². The van der Waals surface area contributed by atoms with Gasteiger partial charge in [-0.2, -0.15) is 0 Å². The molecule has 0 aliphatic heterocycles. The molecule has 0 aromatic rings. The number of allylic oxidation sites excluding steroid dienone is 8. The van der Waals surface area contributed by atoms with E-state index >= 15 is 0 Å². The molecule has 3 unspecified atom stereocenters. The predicted octanol–water partition coefficient (Wildman–Crippen LogP) is 21.4. The highest BCUT2D eigenvalue weighted by molar-refractivity contribution is 7.47. The fourth-order valence-electron chi connectivity index (χ4n) is 10.3. The highest BCUT2D eigenvalue weighted by atomic mass is 31.2. The van der Waals surface area contributed by atoms with E-state index in [1.165, 1.54) is 244 Å². The molecule has 0 spiro atoms. The Morgan fingerprint density at radius 2 is 0.769 bits per heavy atom. The van der Waals surface area contributed by atoms with Gasteiger partial charge >= 0.3 is 7.82 Å². The summed E-state index contributed by atoms with van der Waals surface area (Å²) in [6.45, 7) is 4.83. The standard InChI is InChI=1S/C69H133N2O6P/c1-6-8-10-12-14-16-18-20-22-24-26-28-29-30-31-32-33-34-35-36-37-38-39-40-41-43-45-47-49-51-53-55-57-59-61-63-69(73)70-67(66-77-78(74,75)76-65-64-71(3,4)5)68(72)62-60-58-56-54-52-50-48-46-44-42-27-25-23-21-19-17-15-13-11-9-7-2/h8,10,14,16,20,22,26,28,67-68,72H,6-7,9,11-13,15,17-19,21,23-25,27,29-66H2,1-5H3,(H-,70,73,74,75)/p+1/b10-8-,16-14-,22-20-,28-26-. The van der Waals surface area contributed by atoms with E-state index in [0.717, 1.165) is 64.2 Å². The average molecular weight is 1120 g/mol. The molecule has 0 aromatic carbocycles. The minimum absolute atomic E-state index is 0.0766. The number of quaternary nitrogens is 1. The van der Waals surface area contributed by atoms with E-state index < -0.39 is 20.0 Å². The normalized spacial score (nSPS) is 14.0. The number of carbonyl (C=O) groups is 1. The zero-order chi connectivity index (χ0) is 57.0. The summed E-state index contributed by atoms with van der Waals surface area (Å²) >= 11 is 0. The van der Waals surface area contributed by atoms with Crippen molar-refractivity contribution in [1.82, 2.24) is 5.32 Å². The lowest BCUT2D eigenvalue weighted by Gasteiger charge is -2.26. The van der Waals surface area contributed by atoms with Crippen molar-refractivity contribution in [1.29, 1.82) is 0 Å². The van der Waals surface area contributed by atoms with Crippen LogP contribution in [0.1, 0.15) is 335 Å². The van der Waals surface area contributed by atoms with Gasteiger partial charge in [0.25, 0.3) is 0 Å². The van der Waals surface area contributed by atoms with E-state index in [9.17, 15) is 19.4 Å². The van der Waals surface area contributed by atoms with E-state index in [4.69, 9.17) is 9.05 Å². The molecule has 0 saturated carbocycles. The van der Waals surface area contributed by atoms with Crippen LogP contribution in [0.2, 0.25) is 0 Å². The Labute approximate surface area is 486 Å². The fourth-order valence-corrected chi connectivity index (χ4v) is 11.1. The number of aliphatic hydroxyl groups excluding tert-OH is 1. The van der Waals surface area contributed by atoms with E-state index in [-0.39, 0.29) is 19.1 Å². The Hall–Kier alpha value is -1.54. The van der Waals surface area contributed by atoms with Crippen LogP contribution in [0.15, 0.2) is 48.6 Å². The number of carbonyl (C=O) groups excluding carboxylic acids is 1. The first kappa shape index (κ1) is 76.5. The van der Waals surface area contributed by atoms with Crippen LogP contribution in [0.3, 0.4) is 0 Å². The van der Waals surface area contributed by atoms with Crippen LogP contribution in [-0.2, 0) is 18.4 Å². The number of phosphoric ester groups is 1. The molecule has 0 aliphatic carbocycles.